The van der Waals surface area contributed by atoms with Gasteiger partial charge in [0.05, 0.1) is 6.04 Å². The molecule has 2 rings (SSSR count). The lowest BCUT2D eigenvalue weighted by Gasteiger charge is -2.21. The van der Waals surface area contributed by atoms with Crippen molar-refractivity contribution in [1.29, 1.82) is 0 Å². The highest BCUT2D eigenvalue weighted by molar-refractivity contribution is 6.34. The van der Waals surface area contributed by atoms with Gasteiger partial charge in [-0.05, 0) is 54.1 Å². The van der Waals surface area contributed by atoms with Crippen molar-refractivity contribution in [1.82, 2.24) is 5.32 Å². The van der Waals surface area contributed by atoms with E-state index in [2.05, 4.69) is 5.32 Å². The molecule has 0 heterocycles. The van der Waals surface area contributed by atoms with E-state index in [0.29, 0.717) is 27.2 Å². The Morgan fingerprint density at radius 3 is 2.30 bits per heavy atom. The molecular formula is C15H13Cl3FN. The smallest absolute Gasteiger partial charge is 0.123 e. The number of rotatable bonds is 4. The maximum atomic E-state index is 13.5. The molecule has 1 nitrogen and oxygen atoms in total. The van der Waals surface area contributed by atoms with E-state index in [1.807, 2.05) is 6.92 Å². The molecule has 0 radical (unpaired) electrons. The monoisotopic (exact) mass is 331 g/mol. The molecule has 0 fully saturated rings. The summed E-state index contributed by atoms with van der Waals surface area (Å²) < 4.78 is 13.5. The maximum Gasteiger partial charge on any atom is 0.123 e. The normalized spacial score (nSPS) is 12.4. The second-order valence-electron chi connectivity index (χ2n) is 4.36. The molecule has 0 saturated carbocycles. The fourth-order valence-corrected chi connectivity index (χ4v) is 2.86. The van der Waals surface area contributed by atoms with Crippen molar-refractivity contribution in [3.63, 3.8) is 0 Å². The molecule has 1 N–H and O–H groups in total. The zero-order valence-corrected chi connectivity index (χ0v) is 13.0. The van der Waals surface area contributed by atoms with Crippen molar-refractivity contribution < 1.29 is 4.39 Å². The Bertz CT molecular complexity index is 596. The first-order valence-corrected chi connectivity index (χ1v) is 7.29. The zero-order valence-electron chi connectivity index (χ0n) is 10.8. The predicted octanol–water partition coefficient (Wildman–Crippen LogP) is 5.48. The van der Waals surface area contributed by atoms with Gasteiger partial charge in [-0.3, -0.25) is 0 Å². The SMILES string of the molecule is CCNC(c1cc(Cl)cc(Cl)c1)c1cc(F)ccc1Cl. The third-order valence-corrected chi connectivity index (χ3v) is 3.68. The largest absolute Gasteiger partial charge is 0.306 e. The summed E-state index contributed by atoms with van der Waals surface area (Å²) in [6.45, 7) is 2.66. The molecule has 0 saturated heterocycles. The van der Waals surface area contributed by atoms with Crippen molar-refractivity contribution in [2.45, 2.75) is 13.0 Å². The minimum absolute atomic E-state index is 0.264. The van der Waals surface area contributed by atoms with Gasteiger partial charge in [0.15, 0.2) is 0 Å². The number of benzene rings is 2. The van der Waals surface area contributed by atoms with Crippen LogP contribution in [0.25, 0.3) is 0 Å². The van der Waals surface area contributed by atoms with Gasteiger partial charge >= 0.3 is 0 Å². The number of hydrogen-bond donors (Lipinski definition) is 1. The van der Waals surface area contributed by atoms with E-state index in [1.54, 1.807) is 24.3 Å². The van der Waals surface area contributed by atoms with Crippen LogP contribution >= 0.6 is 34.8 Å². The second-order valence-corrected chi connectivity index (χ2v) is 5.64. The van der Waals surface area contributed by atoms with Crippen LogP contribution in [0.4, 0.5) is 4.39 Å². The minimum Gasteiger partial charge on any atom is -0.306 e. The molecule has 2 aromatic carbocycles. The number of halogens is 4. The first-order chi connectivity index (χ1) is 9.51. The Hall–Kier alpha value is -0.800. The number of hydrogen-bond acceptors (Lipinski definition) is 1. The quantitative estimate of drug-likeness (QED) is 0.781. The Balaban J connectivity index is 2.52. The highest BCUT2D eigenvalue weighted by atomic mass is 35.5. The molecule has 0 aliphatic heterocycles. The van der Waals surface area contributed by atoms with Crippen molar-refractivity contribution in [2.24, 2.45) is 0 Å². The summed E-state index contributed by atoms with van der Waals surface area (Å²) in [7, 11) is 0. The molecule has 0 amide bonds. The Morgan fingerprint density at radius 1 is 1.05 bits per heavy atom. The summed E-state index contributed by atoms with van der Waals surface area (Å²) in [5.74, 6) is -0.333. The van der Waals surface area contributed by atoms with E-state index in [1.165, 1.54) is 12.1 Å². The fourth-order valence-electron chi connectivity index (χ4n) is 2.09. The van der Waals surface area contributed by atoms with Crippen LogP contribution in [0, 0.1) is 5.82 Å². The van der Waals surface area contributed by atoms with Gasteiger partial charge < -0.3 is 5.32 Å². The van der Waals surface area contributed by atoms with Crippen LogP contribution in [-0.4, -0.2) is 6.54 Å². The minimum atomic E-state index is -0.333. The summed E-state index contributed by atoms with van der Waals surface area (Å²) in [6, 6.07) is 9.28. The average Bonchev–Trinajstić information content (AvgIpc) is 2.38. The summed E-state index contributed by atoms with van der Waals surface area (Å²) in [4.78, 5) is 0. The topological polar surface area (TPSA) is 12.0 Å². The first-order valence-electron chi connectivity index (χ1n) is 6.15. The third kappa shape index (κ3) is 3.64. The van der Waals surface area contributed by atoms with Gasteiger partial charge in [0.1, 0.15) is 5.82 Å². The van der Waals surface area contributed by atoms with E-state index >= 15 is 0 Å². The van der Waals surface area contributed by atoms with Crippen molar-refractivity contribution >= 4 is 34.8 Å². The fraction of sp³-hybridized carbons (Fsp3) is 0.200. The molecule has 0 spiro atoms. The molecule has 106 valence electrons. The van der Waals surface area contributed by atoms with Gasteiger partial charge in [-0.2, -0.15) is 0 Å². The Labute approximate surface area is 132 Å². The molecule has 1 atom stereocenters. The van der Waals surface area contributed by atoms with Crippen LogP contribution in [0.1, 0.15) is 24.1 Å². The zero-order chi connectivity index (χ0) is 14.7. The van der Waals surface area contributed by atoms with E-state index in [4.69, 9.17) is 34.8 Å². The van der Waals surface area contributed by atoms with Crippen molar-refractivity contribution in [2.75, 3.05) is 6.54 Å². The van der Waals surface area contributed by atoms with Gasteiger partial charge in [0, 0.05) is 15.1 Å². The van der Waals surface area contributed by atoms with E-state index < -0.39 is 0 Å². The van der Waals surface area contributed by atoms with E-state index in [0.717, 1.165) is 5.56 Å². The summed E-state index contributed by atoms with van der Waals surface area (Å²) in [5, 5.41) is 4.82. The predicted molar refractivity (Wildman–Crippen MR) is 83.4 cm³/mol. The molecular weight excluding hydrogens is 320 g/mol. The van der Waals surface area contributed by atoms with Crippen LogP contribution in [0.2, 0.25) is 15.1 Å². The van der Waals surface area contributed by atoms with E-state index in [-0.39, 0.29) is 11.9 Å². The Kier molecular flexibility index (Phi) is 5.28. The summed E-state index contributed by atoms with van der Waals surface area (Å²) >= 11 is 18.3. The molecule has 0 aliphatic carbocycles. The van der Waals surface area contributed by atoms with Gasteiger partial charge in [0.2, 0.25) is 0 Å². The highest BCUT2D eigenvalue weighted by Crippen LogP contribution is 2.32. The van der Waals surface area contributed by atoms with Crippen LogP contribution in [-0.2, 0) is 0 Å². The van der Waals surface area contributed by atoms with E-state index in [9.17, 15) is 4.39 Å². The lowest BCUT2D eigenvalue weighted by molar-refractivity contribution is 0.603. The first kappa shape index (κ1) is 15.6. The lowest BCUT2D eigenvalue weighted by atomic mass is 9.98. The molecule has 2 aromatic rings. The van der Waals surface area contributed by atoms with Crippen molar-refractivity contribution in [3.8, 4) is 0 Å². The van der Waals surface area contributed by atoms with Crippen LogP contribution in [0.5, 0.6) is 0 Å². The molecule has 0 aliphatic rings. The molecule has 20 heavy (non-hydrogen) atoms. The summed E-state index contributed by atoms with van der Waals surface area (Å²) in [5.41, 5.74) is 1.50. The molecule has 0 bridgehead atoms. The highest BCUT2D eigenvalue weighted by Gasteiger charge is 2.18. The van der Waals surface area contributed by atoms with Gasteiger partial charge in [-0.15, -0.1) is 0 Å². The van der Waals surface area contributed by atoms with Crippen LogP contribution in [0.3, 0.4) is 0 Å². The van der Waals surface area contributed by atoms with Crippen LogP contribution < -0.4 is 5.32 Å². The molecule has 1 unspecified atom stereocenters. The number of nitrogens with one attached hydrogen (secondary N) is 1. The Morgan fingerprint density at radius 2 is 1.70 bits per heavy atom. The molecule has 0 aromatic heterocycles. The van der Waals surface area contributed by atoms with Crippen LogP contribution in [0.15, 0.2) is 36.4 Å². The van der Waals surface area contributed by atoms with Crippen molar-refractivity contribution in [3.05, 3.63) is 68.4 Å². The standard InChI is InChI=1S/C15H13Cl3FN/c1-2-20-15(9-5-10(16)7-11(17)6-9)13-8-12(19)3-4-14(13)18/h3-8,15,20H,2H2,1H3. The second kappa shape index (κ2) is 6.77. The van der Waals surface area contributed by atoms with Gasteiger partial charge in [-0.1, -0.05) is 41.7 Å². The van der Waals surface area contributed by atoms with Gasteiger partial charge in [-0.25, -0.2) is 4.39 Å². The van der Waals surface area contributed by atoms with Gasteiger partial charge in [0.25, 0.3) is 0 Å². The lowest BCUT2D eigenvalue weighted by Crippen LogP contribution is -2.22. The third-order valence-electron chi connectivity index (χ3n) is 2.90. The summed E-state index contributed by atoms with van der Waals surface area (Å²) in [6.07, 6.45) is 0. The average molecular weight is 333 g/mol. The maximum absolute atomic E-state index is 13.5. The molecule has 5 heteroatoms.